The molecule has 0 atom stereocenters. The van der Waals surface area contributed by atoms with Gasteiger partial charge in [0.2, 0.25) is 0 Å². The lowest BCUT2D eigenvalue weighted by Gasteiger charge is -2.12. The van der Waals surface area contributed by atoms with Crippen molar-refractivity contribution in [3.05, 3.63) is 70.2 Å². The van der Waals surface area contributed by atoms with Gasteiger partial charge in [0.05, 0.1) is 0 Å². The van der Waals surface area contributed by atoms with Crippen LogP contribution in [0.15, 0.2) is 47.4 Å². The number of nitrogen functional groups attached to an aromatic ring is 1. The molecule has 0 spiro atoms. The van der Waals surface area contributed by atoms with Crippen molar-refractivity contribution in [2.45, 2.75) is 40.2 Å². The van der Waals surface area contributed by atoms with Crippen LogP contribution in [0.5, 0.6) is 11.5 Å². The molecule has 0 radical (unpaired) electrons. The third kappa shape index (κ3) is 4.22. The van der Waals surface area contributed by atoms with Gasteiger partial charge in [0.1, 0.15) is 11.4 Å². The number of nitrogens with two attached hydrogens (primary N) is 1. The molecule has 146 valence electrons. The van der Waals surface area contributed by atoms with Crippen molar-refractivity contribution in [2.24, 2.45) is 0 Å². The Balaban J connectivity index is 1.90. The molecule has 0 aliphatic heterocycles. The molecule has 28 heavy (non-hydrogen) atoms. The Labute approximate surface area is 163 Å². The van der Waals surface area contributed by atoms with Gasteiger partial charge in [0.15, 0.2) is 11.6 Å². The molecule has 2 aromatic heterocycles. The second-order valence-corrected chi connectivity index (χ2v) is 6.83. The molecule has 5 nitrogen and oxygen atoms in total. The number of hydrogen-bond donors (Lipinski definition) is 1. The van der Waals surface area contributed by atoms with Gasteiger partial charge in [-0.25, -0.2) is 4.39 Å². The van der Waals surface area contributed by atoms with E-state index in [9.17, 15) is 9.18 Å². The number of pyridine rings is 2. The smallest absolute Gasteiger partial charge is 0.274 e. The lowest BCUT2D eigenvalue weighted by atomic mass is 10.0. The Morgan fingerprint density at radius 2 is 1.86 bits per heavy atom. The van der Waals surface area contributed by atoms with Crippen molar-refractivity contribution in [3.8, 4) is 22.6 Å². The number of rotatable bonds is 6. The van der Waals surface area contributed by atoms with E-state index in [0.717, 1.165) is 24.2 Å². The van der Waals surface area contributed by atoms with Crippen LogP contribution < -0.4 is 16.0 Å². The molecular formula is C22H24FN3O2. The van der Waals surface area contributed by atoms with Crippen molar-refractivity contribution in [1.82, 2.24) is 9.55 Å². The maximum Gasteiger partial charge on any atom is 0.274 e. The maximum absolute atomic E-state index is 14.6. The number of aromatic nitrogens is 2. The Morgan fingerprint density at radius 3 is 2.50 bits per heavy atom. The van der Waals surface area contributed by atoms with Crippen molar-refractivity contribution >= 4 is 5.69 Å². The summed E-state index contributed by atoms with van der Waals surface area (Å²) in [5.41, 5.74) is 8.53. The molecule has 0 saturated carbocycles. The minimum Gasteiger partial charge on any atom is -0.454 e. The summed E-state index contributed by atoms with van der Waals surface area (Å²) in [6.07, 6.45) is 3.58. The normalized spacial score (nSPS) is 10.9. The molecule has 6 heteroatoms. The first-order valence-corrected chi connectivity index (χ1v) is 9.31. The fourth-order valence-corrected chi connectivity index (χ4v) is 3.08. The summed E-state index contributed by atoms with van der Waals surface area (Å²) in [4.78, 5) is 16.7. The highest BCUT2D eigenvalue weighted by atomic mass is 19.1. The predicted molar refractivity (Wildman–Crippen MR) is 109 cm³/mol. The van der Waals surface area contributed by atoms with Crippen LogP contribution in [-0.2, 0) is 6.54 Å². The first-order valence-electron chi connectivity index (χ1n) is 9.31. The highest BCUT2D eigenvalue weighted by Gasteiger charge is 2.13. The summed E-state index contributed by atoms with van der Waals surface area (Å²) in [6.45, 7) is 6.38. The average molecular weight is 381 g/mol. The van der Waals surface area contributed by atoms with Gasteiger partial charge in [-0.05, 0) is 44.0 Å². The van der Waals surface area contributed by atoms with E-state index >= 15 is 0 Å². The first kappa shape index (κ1) is 19.6. The quantitative estimate of drug-likeness (QED) is 0.663. The van der Waals surface area contributed by atoms with Crippen LogP contribution in [0, 0.1) is 19.7 Å². The summed E-state index contributed by atoms with van der Waals surface area (Å²) in [6, 6.07) is 9.80. The Hall–Kier alpha value is -3.15. The second kappa shape index (κ2) is 8.25. The number of benzene rings is 1. The summed E-state index contributed by atoms with van der Waals surface area (Å²) < 4.78 is 21.9. The molecule has 0 aliphatic carbocycles. The molecule has 2 heterocycles. The third-order valence-corrected chi connectivity index (χ3v) is 4.48. The molecule has 0 fully saturated rings. The largest absolute Gasteiger partial charge is 0.454 e. The Morgan fingerprint density at radius 1 is 1.14 bits per heavy atom. The fourth-order valence-electron chi connectivity index (χ4n) is 3.08. The standard InChI is InChI=1S/C22H24FN3O2/c1-4-5-9-26-10-8-18(21(24)22(26)27)16-6-7-20(19(23)13-16)28-17-11-14(2)25-15(3)12-17/h6-8,10-13H,4-5,9,24H2,1-3H3. The topological polar surface area (TPSA) is 70.1 Å². The van der Waals surface area contributed by atoms with Crippen molar-refractivity contribution in [3.63, 3.8) is 0 Å². The zero-order chi connectivity index (χ0) is 20.3. The maximum atomic E-state index is 14.6. The van der Waals surface area contributed by atoms with Crippen LogP contribution >= 0.6 is 0 Å². The number of anilines is 1. The molecular weight excluding hydrogens is 357 g/mol. The molecule has 0 bridgehead atoms. The van der Waals surface area contributed by atoms with Crippen LogP contribution in [0.3, 0.4) is 0 Å². The molecule has 0 unspecified atom stereocenters. The summed E-state index contributed by atoms with van der Waals surface area (Å²) in [5.74, 6) is 0.0949. The van der Waals surface area contributed by atoms with Gasteiger partial charge in [0, 0.05) is 41.8 Å². The number of nitrogens with zero attached hydrogens (tertiary/aromatic N) is 2. The molecule has 1 aromatic carbocycles. The highest BCUT2D eigenvalue weighted by Crippen LogP contribution is 2.31. The Kier molecular flexibility index (Phi) is 5.78. The number of unbranched alkanes of at least 4 members (excludes halogenated alkanes) is 1. The van der Waals surface area contributed by atoms with Crippen LogP contribution in [0.1, 0.15) is 31.2 Å². The van der Waals surface area contributed by atoms with E-state index in [0.29, 0.717) is 23.4 Å². The van der Waals surface area contributed by atoms with Crippen molar-refractivity contribution < 1.29 is 9.13 Å². The molecule has 0 amide bonds. The van der Waals surface area contributed by atoms with Gasteiger partial charge in [-0.2, -0.15) is 0 Å². The van der Waals surface area contributed by atoms with E-state index < -0.39 is 5.82 Å². The zero-order valence-electron chi connectivity index (χ0n) is 16.3. The molecule has 3 aromatic rings. The number of ether oxygens (including phenoxy) is 1. The van der Waals surface area contributed by atoms with Gasteiger partial charge >= 0.3 is 0 Å². The summed E-state index contributed by atoms with van der Waals surface area (Å²) >= 11 is 0. The SMILES string of the molecule is CCCCn1ccc(-c2ccc(Oc3cc(C)nc(C)c3)c(F)c2)c(N)c1=O. The van der Waals surface area contributed by atoms with Crippen LogP contribution in [0.4, 0.5) is 10.1 Å². The molecule has 0 saturated heterocycles. The number of hydrogen-bond acceptors (Lipinski definition) is 4. The average Bonchev–Trinajstić information content (AvgIpc) is 2.64. The zero-order valence-corrected chi connectivity index (χ0v) is 16.3. The van der Waals surface area contributed by atoms with E-state index in [1.807, 2.05) is 13.8 Å². The fraction of sp³-hybridized carbons (Fsp3) is 0.273. The van der Waals surface area contributed by atoms with Crippen LogP contribution in [0.25, 0.3) is 11.1 Å². The third-order valence-electron chi connectivity index (χ3n) is 4.48. The van der Waals surface area contributed by atoms with Crippen molar-refractivity contribution in [2.75, 3.05) is 5.73 Å². The van der Waals surface area contributed by atoms with Gasteiger partial charge in [-0.1, -0.05) is 19.4 Å². The van der Waals surface area contributed by atoms with E-state index in [1.54, 1.807) is 35.0 Å². The van der Waals surface area contributed by atoms with E-state index in [1.165, 1.54) is 12.1 Å². The highest BCUT2D eigenvalue weighted by molar-refractivity contribution is 5.75. The molecule has 2 N–H and O–H groups in total. The van der Waals surface area contributed by atoms with Crippen LogP contribution in [0.2, 0.25) is 0 Å². The monoisotopic (exact) mass is 381 g/mol. The minimum atomic E-state index is -0.529. The molecule has 3 rings (SSSR count). The Bertz CT molecular complexity index is 1040. The first-order chi connectivity index (χ1) is 13.4. The van der Waals surface area contributed by atoms with Gasteiger partial charge in [-0.15, -0.1) is 0 Å². The van der Waals surface area contributed by atoms with Gasteiger partial charge < -0.3 is 15.0 Å². The van der Waals surface area contributed by atoms with E-state index in [4.69, 9.17) is 10.5 Å². The van der Waals surface area contributed by atoms with E-state index in [-0.39, 0.29) is 17.0 Å². The number of halogens is 1. The van der Waals surface area contributed by atoms with Gasteiger partial charge in [0.25, 0.3) is 5.56 Å². The number of aryl methyl sites for hydroxylation is 3. The second-order valence-electron chi connectivity index (χ2n) is 6.83. The molecule has 0 aliphatic rings. The van der Waals surface area contributed by atoms with Gasteiger partial charge in [-0.3, -0.25) is 9.78 Å². The van der Waals surface area contributed by atoms with E-state index in [2.05, 4.69) is 11.9 Å². The van der Waals surface area contributed by atoms with Crippen molar-refractivity contribution in [1.29, 1.82) is 0 Å². The van der Waals surface area contributed by atoms with Crippen LogP contribution in [-0.4, -0.2) is 9.55 Å². The predicted octanol–water partition coefficient (Wildman–Crippen LogP) is 4.84. The minimum absolute atomic E-state index is 0.101. The lowest BCUT2D eigenvalue weighted by molar-refractivity contribution is 0.441. The summed E-state index contributed by atoms with van der Waals surface area (Å²) in [5, 5.41) is 0. The summed E-state index contributed by atoms with van der Waals surface area (Å²) in [7, 11) is 0. The lowest BCUT2D eigenvalue weighted by Crippen LogP contribution is -2.23.